The summed E-state index contributed by atoms with van der Waals surface area (Å²) in [4.78, 5) is 17.5. The van der Waals surface area contributed by atoms with Gasteiger partial charge in [0.05, 0.1) is 19.6 Å². The zero-order chi connectivity index (χ0) is 14.1. The lowest BCUT2D eigenvalue weighted by Crippen LogP contribution is -2.47. The molecule has 1 rings (SSSR count). The minimum absolute atomic E-state index is 0.210. The van der Waals surface area contributed by atoms with Gasteiger partial charge in [-0.15, -0.1) is 0 Å². The molecule has 1 saturated heterocycles. The van der Waals surface area contributed by atoms with E-state index < -0.39 is 0 Å². The Hall–Kier alpha value is -1.30. The fraction of sp³-hybridized carbons (Fsp3) is 0.846. The van der Waals surface area contributed by atoms with Gasteiger partial charge in [-0.25, -0.2) is 0 Å². The SMILES string of the molecule is CCOC1CCN(C(=NC)NCCC(=O)OC)CC1. The van der Waals surface area contributed by atoms with Gasteiger partial charge in [-0.1, -0.05) is 0 Å². The van der Waals surface area contributed by atoms with Crippen molar-refractivity contribution in [2.75, 3.05) is 40.4 Å². The number of ether oxygens (including phenoxy) is 2. The maximum absolute atomic E-state index is 11.0. The molecule has 0 unspecified atom stereocenters. The van der Waals surface area contributed by atoms with Gasteiger partial charge < -0.3 is 19.7 Å². The van der Waals surface area contributed by atoms with Gasteiger partial charge in [0.1, 0.15) is 0 Å². The molecule has 0 atom stereocenters. The van der Waals surface area contributed by atoms with Crippen LogP contribution in [0, 0.1) is 0 Å². The van der Waals surface area contributed by atoms with Crippen molar-refractivity contribution in [1.82, 2.24) is 10.2 Å². The third-order valence-electron chi connectivity index (χ3n) is 3.20. The molecule has 0 aliphatic carbocycles. The van der Waals surface area contributed by atoms with E-state index in [0.29, 0.717) is 19.1 Å². The number of carbonyl (C=O) groups is 1. The van der Waals surface area contributed by atoms with Gasteiger partial charge in [0, 0.05) is 33.3 Å². The summed E-state index contributed by atoms with van der Waals surface area (Å²) in [5.41, 5.74) is 0. The first-order chi connectivity index (χ1) is 9.21. The van der Waals surface area contributed by atoms with E-state index in [1.54, 1.807) is 7.05 Å². The molecule has 6 heteroatoms. The van der Waals surface area contributed by atoms with Crippen LogP contribution in [0.25, 0.3) is 0 Å². The molecule has 1 N–H and O–H groups in total. The first kappa shape index (κ1) is 15.8. The Morgan fingerprint density at radius 2 is 2.11 bits per heavy atom. The molecule has 0 amide bonds. The number of esters is 1. The molecular weight excluding hydrogens is 246 g/mol. The first-order valence-corrected chi connectivity index (χ1v) is 6.85. The van der Waals surface area contributed by atoms with Crippen molar-refractivity contribution in [3.63, 3.8) is 0 Å². The second-order valence-electron chi connectivity index (χ2n) is 4.44. The van der Waals surface area contributed by atoms with Gasteiger partial charge in [0.2, 0.25) is 0 Å². The molecule has 1 aliphatic rings. The molecule has 0 saturated carbocycles. The Balaban J connectivity index is 2.30. The number of hydrogen-bond acceptors (Lipinski definition) is 4. The van der Waals surface area contributed by atoms with Crippen molar-refractivity contribution >= 4 is 11.9 Å². The van der Waals surface area contributed by atoms with Gasteiger partial charge >= 0.3 is 5.97 Å². The van der Waals surface area contributed by atoms with Crippen LogP contribution in [0.1, 0.15) is 26.2 Å². The second kappa shape index (κ2) is 8.74. The molecule has 110 valence electrons. The summed E-state index contributed by atoms with van der Waals surface area (Å²) in [7, 11) is 3.16. The van der Waals surface area contributed by atoms with Crippen LogP contribution in [-0.2, 0) is 14.3 Å². The van der Waals surface area contributed by atoms with Crippen molar-refractivity contribution in [2.45, 2.75) is 32.3 Å². The summed E-state index contributed by atoms with van der Waals surface area (Å²) in [6.45, 7) is 5.21. The minimum atomic E-state index is -0.210. The van der Waals surface area contributed by atoms with Gasteiger partial charge in [-0.05, 0) is 19.8 Å². The molecule has 1 heterocycles. The van der Waals surface area contributed by atoms with Crippen molar-refractivity contribution in [3.05, 3.63) is 0 Å². The molecule has 0 aromatic carbocycles. The van der Waals surface area contributed by atoms with Crippen molar-refractivity contribution in [2.24, 2.45) is 4.99 Å². The first-order valence-electron chi connectivity index (χ1n) is 6.85. The largest absolute Gasteiger partial charge is 0.469 e. The molecule has 0 aromatic heterocycles. The smallest absolute Gasteiger partial charge is 0.307 e. The van der Waals surface area contributed by atoms with Gasteiger partial charge in [0.15, 0.2) is 5.96 Å². The van der Waals surface area contributed by atoms with Crippen LogP contribution >= 0.6 is 0 Å². The molecule has 6 nitrogen and oxygen atoms in total. The molecule has 0 bridgehead atoms. The summed E-state index contributed by atoms with van der Waals surface area (Å²) in [5, 5.41) is 3.19. The summed E-state index contributed by atoms with van der Waals surface area (Å²) in [6, 6.07) is 0. The molecule has 19 heavy (non-hydrogen) atoms. The summed E-state index contributed by atoms with van der Waals surface area (Å²) >= 11 is 0. The van der Waals surface area contributed by atoms with Crippen LogP contribution < -0.4 is 5.32 Å². The number of guanidine groups is 1. The highest BCUT2D eigenvalue weighted by molar-refractivity contribution is 5.80. The molecule has 0 aromatic rings. The standard InChI is InChI=1S/C13H25N3O3/c1-4-19-11-6-9-16(10-7-11)13(14-2)15-8-5-12(17)18-3/h11H,4-10H2,1-3H3,(H,14,15). The highest BCUT2D eigenvalue weighted by Gasteiger charge is 2.21. The molecular formula is C13H25N3O3. The Bertz CT molecular complexity index is 300. The number of hydrogen-bond donors (Lipinski definition) is 1. The summed E-state index contributed by atoms with van der Waals surface area (Å²) in [6.07, 6.45) is 2.76. The number of nitrogens with one attached hydrogen (secondary N) is 1. The van der Waals surface area contributed by atoms with Crippen LogP contribution in [0.4, 0.5) is 0 Å². The normalized spacial score (nSPS) is 17.4. The average Bonchev–Trinajstić information content (AvgIpc) is 2.45. The Morgan fingerprint density at radius 3 is 2.63 bits per heavy atom. The monoisotopic (exact) mass is 271 g/mol. The van der Waals surface area contributed by atoms with Gasteiger partial charge in [-0.2, -0.15) is 0 Å². The number of likely N-dealkylation sites (tertiary alicyclic amines) is 1. The topological polar surface area (TPSA) is 63.2 Å². The molecule has 0 radical (unpaired) electrons. The lowest BCUT2D eigenvalue weighted by atomic mass is 10.1. The Kier molecular flexibility index (Phi) is 7.25. The van der Waals surface area contributed by atoms with Crippen molar-refractivity contribution < 1.29 is 14.3 Å². The van der Waals surface area contributed by atoms with Crippen LogP contribution in [0.15, 0.2) is 4.99 Å². The average molecular weight is 271 g/mol. The molecule has 0 spiro atoms. The lowest BCUT2D eigenvalue weighted by molar-refractivity contribution is -0.140. The van der Waals surface area contributed by atoms with E-state index in [-0.39, 0.29) is 5.97 Å². The number of carbonyl (C=O) groups excluding carboxylic acids is 1. The lowest BCUT2D eigenvalue weighted by Gasteiger charge is -2.34. The summed E-state index contributed by atoms with van der Waals surface area (Å²) < 4.78 is 10.2. The fourth-order valence-electron chi connectivity index (χ4n) is 2.18. The number of rotatable bonds is 5. The Morgan fingerprint density at radius 1 is 1.42 bits per heavy atom. The molecule has 1 fully saturated rings. The van der Waals surface area contributed by atoms with E-state index in [0.717, 1.165) is 38.5 Å². The van der Waals surface area contributed by atoms with E-state index in [9.17, 15) is 4.79 Å². The van der Waals surface area contributed by atoms with E-state index in [1.807, 2.05) is 6.92 Å². The number of aliphatic imine (C=N–C) groups is 1. The number of methoxy groups -OCH3 is 1. The van der Waals surface area contributed by atoms with E-state index in [1.165, 1.54) is 7.11 Å². The van der Waals surface area contributed by atoms with Crippen molar-refractivity contribution in [3.8, 4) is 0 Å². The zero-order valence-electron chi connectivity index (χ0n) is 12.1. The van der Waals surface area contributed by atoms with Crippen LogP contribution in [0.5, 0.6) is 0 Å². The highest BCUT2D eigenvalue weighted by Crippen LogP contribution is 2.13. The summed E-state index contributed by atoms with van der Waals surface area (Å²) in [5.74, 6) is 0.636. The van der Waals surface area contributed by atoms with E-state index >= 15 is 0 Å². The number of nitrogens with zero attached hydrogens (tertiary/aromatic N) is 2. The maximum Gasteiger partial charge on any atom is 0.307 e. The van der Waals surface area contributed by atoms with E-state index in [4.69, 9.17) is 4.74 Å². The van der Waals surface area contributed by atoms with E-state index in [2.05, 4.69) is 19.9 Å². The number of piperidine rings is 1. The quantitative estimate of drug-likeness (QED) is 0.451. The van der Waals surface area contributed by atoms with Crippen LogP contribution in [0.3, 0.4) is 0 Å². The Labute approximate surface area is 115 Å². The maximum atomic E-state index is 11.0. The third-order valence-corrected chi connectivity index (χ3v) is 3.20. The molecule has 1 aliphatic heterocycles. The van der Waals surface area contributed by atoms with Crippen LogP contribution in [0.2, 0.25) is 0 Å². The minimum Gasteiger partial charge on any atom is -0.469 e. The highest BCUT2D eigenvalue weighted by atomic mass is 16.5. The van der Waals surface area contributed by atoms with Crippen molar-refractivity contribution in [1.29, 1.82) is 0 Å². The van der Waals surface area contributed by atoms with Crippen LogP contribution in [-0.4, -0.2) is 63.3 Å². The van der Waals surface area contributed by atoms with Gasteiger partial charge in [0.25, 0.3) is 0 Å². The fourth-order valence-corrected chi connectivity index (χ4v) is 2.18. The third kappa shape index (κ3) is 5.46. The second-order valence-corrected chi connectivity index (χ2v) is 4.44. The predicted octanol–water partition coefficient (Wildman–Crippen LogP) is 0.626. The van der Waals surface area contributed by atoms with Gasteiger partial charge in [-0.3, -0.25) is 9.79 Å². The predicted molar refractivity (Wildman–Crippen MR) is 74.2 cm³/mol. The zero-order valence-corrected chi connectivity index (χ0v) is 12.1.